The van der Waals surface area contributed by atoms with Gasteiger partial charge in [-0.3, -0.25) is 14.4 Å². The number of esters is 3. The first kappa shape index (κ1) is 61.5. The Kier molecular flexibility index (Phi) is 49.6. The summed E-state index contributed by atoms with van der Waals surface area (Å²) in [5, 5.41) is 0. The molecule has 1 atom stereocenters. The molecule has 0 aliphatic rings. The normalized spacial score (nSPS) is 13.2. The van der Waals surface area contributed by atoms with Crippen molar-refractivity contribution in [2.45, 2.75) is 213 Å². The molecule has 0 saturated carbocycles. The topological polar surface area (TPSA) is 78.9 Å². The molecule has 1 unspecified atom stereocenters. The first-order valence-corrected chi connectivity index (χ1v) is 26.3. The summed E-state index contributed by atoms with van der Waals surface area (Å²) in [6, 6.07) is 0. The second kappa shape index (κ2) is 53.2. The van der Waals surface area contributed by atoms with Gasteiger partial charge in [0.05, 0.1) is 0 Å². The Balaban J connectivity index is 4.53. The summed E-state index contributed by atoms with van der Waals surface area (Å²) < 4.78 is 16.7. The van der Waals surface area contributed by atoms with Crippen molar-refractivity contribution in [1.29, 1.82) is 0 Å². The van der Waals surface area contributed by atoms with E-state index in [1.54, 1.807) is 0 Å². The second-order valence-electron chi connectivity index (χ2n) is 16.8. The quantitative estimate of drug-likeness (QED) is 0.0199. The van der Waals surface area contributed by atoms with Crippen LogP contribution in [0.2, 0.25) is 0 Å². The fourth-order valence-corrected chi connectivity index (χ4v) is 6.63. The van der Waals surface area contributed by atoms with Crippen molar-refractivity contribution < 1.29 is 28.6 Å². The number of ether oxygens (including phenoxy) is 3. The highest BCUT2D eigenvalue weighted by Crippen LogP contribution is 2.14. The molecule has 0 aliphatic heterocycles. The van der Waals surface area contributed by atoms with Crippen molar-refractivity contribution >= 4 is 17.9 Å². The van der Waals surface area contributed by atoms with E-state index in [1.165, 1.54) is 77.0 Å². The molecule has 0 N–H and O–H groups in total. The van der Waals surface area contributed by atoms with Crippen molar-refractivity contribution in [3.63, 3.8) is 0 Å². The molecular formula is C60H94O6. The van der Waals surface area contributed by atoms with E-state index in [-0.39, 0.29) is 44.0 Å². The fraction of sp³-hybridized carbons (Fsp3) is 0.583. The van der Waals surface area contributed by atoms with E-state index in [9.17, 15) is 14.4 Å². The SMILES string of the molecule is CC\C=C/C=C\C=C/C=C\C=C/CCCC(=O)OCC(COC(=O)CCCCCCCCCCCC/C=C\C=C/CCCCC)OC(=O)CCCCC/C=C\C/C=C\C/C=C\C/C=C\CC. The highest BCUT2D eigenvalue weighted by atomic mass is 16.6. The first-order chi connectivity index (χ1) is 32.5. The van der Waals surface area contributed by atoms with E-state index in [2.05, 4.69) is 99.8 Å². The molecule has 6 nitrogen and oxygen atoms in total. The molecule has 0 amide bonds. The van der Waals surface area contributed by atoms with E-state index in [1.807, 2.05) is 54.7 Å². The largest absolute Gasteiger partial charge is 0.462 e. The van der Waals surface area contributed by atoms with Crippen LogP contribution in [0.3, 0.4) is 0 Å². The van der Waals surface area contributed by atoms with Gasteiger partial charge in [0.15, 0.2) is 6.10 Å². The van der Waals surface area contributed by atoms with E-state index >= 15 is 0 Å². The Morgan fingerprint density at radius 2 is 0.682 bits per heavy atom. The third-order valence-corrected chi connectivity index (χ3v) is 10.5. The lowest BCUT2D eigenvalue weighted by atomic mass is 10.1. The van der Waals surface area contributed by atoms with Gasteiger partial charge in [0.1, 0.15) is 13.2 Å². The monoisotopic (exact) mass is 911 g/mol. The summed E-state index contributed by atoms with van der Waals surface area (Å²) in [5.41, 5.74) is 0. The Labute approximate surface area is 405 Å². The van der Waals surface area contributed by atoms with Crippen molar-refractivity contribution in [2.24, 2.45) is 0 Å². The van der Waals surface area contributed by atoms with Crippen LogP contribution in [0.15, 0.2) is 134 Å². The Bertz CT molecular complexity index is 1460. The second-order valence-corrected chi connectivity index (χ2v) is 16.8. The van der Waals surface area contributed by atoms with E-state index < -0.39 is 6.10 Å². The van der Waals surface area contributed by atoms with Gasteiger partial charge in [-0.1, -0.05) is 225 Å². The minimum absolute atomic E-state index is 0.120. The van der Waals surface area contributed by atoms with Gasteiger partial charge in [-0.05, 0) is 96.3 Å². The number of unbranched alkanes of at least 4 members (excludes halogenated alkanes) is 17. The molecular weight excluding hydrogens is 817 g/mol. The number of hydrogen-bond donors (Lipinski definition) is 0. The molecule has 0 aromatic rings. The lowest BCUT2D eigenvalue weighted by Crippen LogP contribution is -2.30. The molecule has 0 bridgehead atoms. The van der Waals surface area contributed by atoms with Crippen LogP contribution in [0.1, 0.15) is 207 Å². The van der Waals surface area contributed by atoms with Crippen LogP contribution in [0.5, 0.6) is 0 Å². The Hall–Kier alpha value is -4.45. The summed E-state index contributed by atoms with van der Waals surface area (Å²) in [6.45, 7) is 6.24. The predicted molar refractivity (Wildman–Crippen MR) is 283 cm³/mol. The third kappa shape index (κ3) is 50.5. The van der Waals surface area contributed by atoms with Crippen LogP contribution in [0.25, 0.3) is 0 Å². The molecule has 66 heavy (non-hydrogen) atoms. The number of carbonyl (C=O) groups excluding carboxylic acids is 3. The summed E-state index contributed by atoms with van der Waals surface area (Å²) in [4.78, 5) is 38.0. The molecule has 0 saturated heterocycles. The molecule has 0 aliphatic carbocycles. The molecule has 0 fully saturated rings. The molecule has 6 heteroatoms. The Morgan fingerprint density at radius 3 is 1.20 bits per heavy atom. The van der Waals surface area contributed by atoms with Gasteiger partial charge in [0.25, 0.3) is 0 Å². The highest BCUT2D eigenvalue weighted by molar-refractivity contribution is 5.71. The molecule has 370 valence electrons. The predicted octanol–water partition coefficient (Wildman–Crippen LogP) is 17.5. The van der Waals surface area contributed by atoms with Crippen molar-refractivity contribution in [3.8, 4) is 0 Å². The van der Waals surface area contributed by atoms with Gasteiger partial charge in [-0.25, -0.2) is 0 Å². The third-order valence-electron chi connectivity index (χ3n) is 10.5. The van der Waals surface area contributed by atoms with Crippen molar-refractivity contribution in [3.05, 3.63) is 134 Å². The molecule has 0 spiro atoms. The smallest absolute Gasteiger partial charge is 0.306 e. The Morgan fingerprint density at radius 1 is 0.333 bits per heavy atom. The van der Waals surface area contributed by atoms with Crippen molar-refractivity contribution in [1.82, 2.24) is 0 Å². The zero-order valence-electron chi connectivity index (χ0n) is 42.1. The van der Waals surface area contributed by atoms with Gasteiger partial charge in [-0.2, -0.15) is 0 Å². The molecule has 0 aromatic heterocycles. The summed E-state index contributed by atoms with van der Waals surface area (Å²) in [5.74, 6) is -1.04. The maximum absolute atomic E-state index is 12.8. The van der Waals surface area contributed by atoms with Crippen LogP contribution >= 0.6 is 0 Å². The molecule has 0 heterocycles. The molecule has 0 aromatic carbocycles. The van der Waals surface area contributed by atoms with Crippen LogP contribution < -0.4 is 0 Å². The average molecular weight is 911 g/mol. The van der Waals surface area contributed by atoms with Gasteiger partial charge in [-0.15, -0.1) is 0 Å². The zero-order chi connectivity index (χ0) is 47.9. The van der Waals surface area contributed by atoms with Gasteiger partial charge >= 0.3 is 17.9 Å². The van der Waals surface area contributed by atoms with Crippen LogP contribution in [0.4, 0.5) is 0 Å². The van der Waals surface area contributed by atoms with Gasteiger partial charge < -0.3 is 14.2 Å². The minimum Gasteiger partial charge on any atom is -0.462 e. The van der Waals surface area contributed by atoms with Crippen LogP contribution in [-0.4, -0.2) is 37.2 Å². The standard InChI is InChI=1S/C60H94O6/c1-4-7-10-13-16-19-22-25-27-29-30-31-33-35-38-41-44-47-50-53-59(62)65-56-57(55-64-58(61)52-49-46-43-40-37-34-24-21-18-15-12-9-6-3)66-60(63)54-51-48-45-42-39-36-32-28-26-23-20-17-14-11-8-5-2/h8-9,11-12,15-22,24-26,28,34,36-37,39-40,43,57H,4-7,10,13-14,23,27,29-33,35,38,41-42,44-56H2,1-3H3/b11-8-,12-9-,18-15-,19-16-,20-17-,24-21-,25-22-,28-26-,37-34-,39-36-,43-40-. The van der Waals surface area contributed by atoms with Gasteiger partial charge in [0.2, 0.25) is 0 Å². The van der Waals surface area contributed by atoms with Crippen LogP contribution in [-0.2, 0) is 28.6 Å². The maximum Gasteiger partial charge on any atom is 0.306 e. The van der Waals surface area contributed by atoms with E-state index in [4.69, 9.17) is 14.2 Å². The fourth-order valence-electron chi connectivity index (χ4n) is 6.63. The number of carbonyl (C=O) groups is 3. The lowest BCUT2D eigenvalue weighted by Gasteiger charge is -2.18. The van der Waals surface area contributed by atoms with Crippen molar-refractivity contribution in [2.75, 3.05) is 13.2 Å². The summed E-state index contributed by atoms with van der Waals surface area (Å²) >= 11 is 0. The molecule has 0 rings (SSSR count). The number of rotatable bonds is 45. The average Bonchev–Trinajstić information content (AvgIpc) is 3.31. The molecule has 0 radical (unpaired) electrons. The lowest BCUT2D eigenvalue weighted by molar-refractivity contribution is -0.167. The van der Waals surface area contributed by atoms with E-state index in [0.717, 1.165) is 77.0 Å². The number of allylic oxidation sites excluding steroid dienone is 22. The number of hydrogen-bond acceptors (Lipinski definition) is 6. The highest BCUT2D eigenvalue weighted by Gasteiger charge is 2.19. The van der Waals surface area contributed by atoms with Crippen LogP contribution in [0, 0.1) is 0 Å². The summed E-state index contributed by atoms with van der Waals surface area (Å²) in [6.07, 6.45) is 74.4. The first-order valence-electron chi connectivity index (χ1n) is 26.3. The zero-order valence-corrected chi connectivity index (χ0v) is 42.1. The maximum atomic E-state index is 12.8. The van der Waals surface area contributed by atoms with E-state index in [0.29, 0.717) is 19.3 Å². The summed E-state index contributed by atoms with van der Waals surface area (Å²) in [7, 11) is 0. The van der Waals surface area contributed by atoms with Gasteiger partial charge in [0, 0.05) is 19.3 Å². The minimum atomic E-state index is -0.830.